The van der Waals surface area contributed by atoms with Crippen molar-refractivity contribution in [2.24, 2.45) is 4.99 Å². The van der Waals surface area contributed by atoms with Crippen LogP contribution in [0.3, 0.4) is 0 Å². The fourth-order valence-corrected chi connectivity index (χ4v) is 6.30. The van der Waals surface area contributed by atoms with E-state index in [0.717, 1.165) is 16.7 Å². The number of fused-ring (bicyclic) bond motifs is 1. The Labute approximate surface area is 268 Å². The first-order valence-corrected chi connectivity index (χ1v) is 15.5. The number of nitrogens with zero attached hydrogens (tertiary/aromatic N) is 2. The molecule has 0 aliphatic carbocycles. The van der Waals surface area contributed by atoms with Crippen molar-refractivity contribution >= 4 is 40.7 Å². The summed E-state index contributed by atoms with van der Waals surface area (Å²) < 4.78 is 19.2. The van der Waals surface area contributed by atoms with Gasteiger partial charge in [-0.3, -0.25) is 9.36 Å². The van der Waals surface area contributed by atoms with Crippen LogP contribution in [0.15, 0.2) is 118 Å². The van der Waals surface area contributed by atoms with E-state index in [4.69, 9.17) is 30.8 Å². The number of halogens is 1. The van der Waals surface area contributed by atoms with Gasteiger partial charge in [-0.15, -0.1) is 0 Å². The molecule has 226 valence electrons. The minimum absolute atomic E-state index is 0.173. The molecule has 6 rings (SSSR count). The molecule has 1 aliphatic heterocycles. The summed E-state index contributed by atoms with van der Waals surface area (Å²) in [4.78, 5) is 33.3. The topological polar surface area (TPSA) is 79.1 Å². The van der Waals surface area contributed by atoms with E-state index in [1.165, 1.54) is 11.3 Å². The Bertz CT molecular complexity index is 2070. The first kappa shape index (κ1) is 30.1. The minimum Gasteiger partial charge on any atom is -0.497 e. The second-order valence-electron chi connectivity index (χ2n) is 10.2. The van der Waals surface area contributed by atoms with E-state index in [1.54, 1.807) is 24.7 Å². The van der Waals surface area contributed by atoms with E-state index < -0.39 is 12.0 Å². The highest BCUT2D eigenvalue weighted by molar-refractivity contribution is 7.07. The zero-order valence-corrected chi connectivity index (χ0v) is 26.2. The van der Waals surface area contributed by atoms with Gasteiger partial charge in [-0.1, -0.05) is 95.7 Å². The second kappa shape index (κ2) is 13.4. The van der Waals surface area contributed by atoms with Gasteiger partial charge in [0.15, 0.2) is 4.80 Å². The quantitative estimate of drug-likeness (QED) is 0.181. The van der Waals surface area contributed by atoms with E-state index in [-0.39, 0.29) is 17.7 Å². The number of methoxy groups -OCH3 is 1. The van der Waals surface area contributed by atoms with Crippen molar-refractivity contribution in [2.75, 3.05) is 13.7 Å². The molecule has 45 heavy (non-hydrogen) atoms. The number of carbonyl (C=O) groups is 1. The van der Waals surface area contributed by atoms with Crippen LogP contribution in [-0.4, -0.2) is 24.3 Å². The Kier molecular flexibility index (Phi) is 8.96. The Morgan fingerprint density at radius 3 is 2.49 bits per heavy atom. The summed E-state index contributed by atoms with van der Waals surface area (Å²) in [5, 5.41) is 0.656. The Morgan fingerprint density at radius 1 is 0.978 bits per heavy atom. The number of benzene rings is 4. The van der Waals surface area contributed by atoms with Crippen LogP contribution in [0.1, 0.15) is 35.2 Å². The maximum atomic E-state index is 14.3. The molecule has 0 saturated heterocycles. The first-order valence-electron chi connectivity index (χ1n) is 14.4. The number of carbonyl (C=O) groups excluding carboxylic acids is 1. The maximum absolute atomic E-state index is 14.3. The summed E-state index contributed by atoms with van der Waals surface area (Å²) in [6.07, 6.45) is 1.81. The van der Waals surface area contributed by atoms with Gasteiger partial charge in [-0.25, -0.2) is 9.79 Å². The van der Waals surface area contributed by atoms with Gasteiger partial charge < -0.3 is 14.2 Å². The van der Waals surface area contributed by atoms with Gasteiger partial charge in [0.1, 0.15) is 18.1 Å². The molecule has 0 bridgehead atoms. The fourth-order valence-electron chi connectivity index (χ4n) is 5.18. The van der Waals surface area contributed by atoms with Crippen molar-refractivity contribution in [3.8, 4) is 11.5 Å². The predicted molar refractivity (Wildman–Crippen MR) is 176 cm³/mol. The number of hydrogen-bond donors (Lipinski definition) is 0. The third-order valence-electron chi connectivity index (χ3n) is 7.30. The summed E-state index contributed by atoms with van der Waals surface area (Å²) in [6, 6.07) is 31.0. The Morgan fingerprint density at radius 2 is 1.73 bits per heavy atom. The van der Waals surface area contributed by atoms with Crippen LogP contribution in [0.2, 0.25) is 5.02 Å². The second-order valence-corrected chi connectivity index (χ2v) is 11.6. The van der Waals surface area contributed by atoms with Crippen LogP contribution in [-0.2, 0) is 16.1 Å². The summed E-state index contributed by atoms with van der Waals surface area (Å²) in [6.45, 7) is 2.26. The van der Waals surface area contributed by atoms with Gasteiger partial charge in [0.05, 0.1) is 35.6 Å². The molecule has 2 heterocycles. The molecule has 0 saturated carbocycles. The van der Waals surface area contributed by atoms with Crippen molar-refractivity contribution in [1.82, 2.24) is 4.57 Å². The van der Waals surface area contributed by atoms with Gasteiger partial charge in [0.2, 0.25) is 0 Å². The average Bonchev–Trinajstić information content (AvgIpc) is 3.38. The number of thiazole rings is 1. The fraction of sp³-hybridized carbons (Fsp3) is 0.139. The van der Waals surface area contributed by atoms with E-state index in [2.05, 4.69) is 0 Å². The highest BCUT2D eigenvalue weighted by Crippen LogP contribution is 2.36. The first-order chi connectivity index (χ1) is 22.0. The van der Waals surface area contributed by atoms with Crippen LogP contribution >= 0.6 is 22.9 Å². The van der Waals surface area contributed by atoms with Gasteiger partial charge in [-0.2, -0.15) is 0 Å². The SMILES string of the molecule is CCOC(=O)C1=C(c2ccccc2)N=c2s/c(=C/c3ccccc3OCc3ccc(Cl)cc3)c(=O)n2[C@H]1c1cccc(OC)c1. The van der Waals surface area contributed by atoms with E-state index in [0.29, 0.717) is 43.7 Å². The van der Waals surface area contributed by atoms with Crippen molar-refractivity contribution in [3.63, 3.8) is 0 Å². The van der Waals surface area contributed by atoms with Crippen LogP contribution in [0.4, 0.5) is 0 Å². The molecule has 9 heteroatoms. The predicted octanol–water partition coefficient (Wildman–Crippen LogP) is 6.18. The molecule has 5 aromatic rings. The number of rotatable bonds is 9. The molecule has 0 unspecified atom stereocenters. The summed E-state index contributed by atoms with van der Waals surface area (Å²) in [5.74, 6) is 0.686. The summed E-state index contributed by atoms with van der Waals surface area (Å²) >= 11 is 7.29. The number of esters is 1. The molecule has 0 fully saturated rings. The largest absolute Gasteiger partial charge is 0.497 e. The van der Waals surface area contributed by atoms with Gasteiger partial charge in [-0.05, 0) is 54.5 Å². The lowest BCUT2D eigenvalue weighted by Gasteiger charge is -2.26. The third-order valence-corrected chi connectivity index (χ3v) is 8.53. The van der Waals surface area contributed by atoms with Crippen molar-refractivity contribution in [3.05, 3.63) is 156 Å². The number of para-hydroxylation sites is 1. The van der Waals surface area contributed by atoms with Crippen LogP contribution < -0.4 is 24.4 Å². The monoisotopic (exact) mass is 636 g/mol. The lowest BCUT2D eigenvalue weighted by Crippen LogP contribution is -2.40. The number of hydrogen-bond acceptors (Lipinski definition) is 7. The van der Waals surface area contributed by atoms with Crippen LogP contribution in [0.5, 0.6) is 11.5 Å². The lowest BCUT2D eigenvalue weighted by molar-refractivity contribution is -0.138. The van der Waals surface area contributed by atoms with Gasteiger partial charge in [0, 0.05) is 16.1 Å². The molecule has 1 atom stereocenters. The zero-order chi connectivity index (χ0) is 31.3. The van der Waals surface area contributed by atoms with E-state index in [1.807, 2.05) is 103 Å². The molecule has 7 nitrogen and oxygen atoms in total. The van der Waals surface area contributed by atoms with E-state index >= 15 is 0 Å². The molecule has 0 N–H and O–H groups in total. The summed E-state index contributed by atoms with van der Waals surface area (Å²) in [5.41, 5.74) is 3.60. The third kappa shape index (κ3) is 6.34. The standard InChI is InChI=1S/C36H29ClN2O5S/c1-3-43-35(41)31-32(24-10-5-4-6-11-24)38-36-39(33(31)26-13-9-14-28(20-26)42-2)34(40)30(45-36)21-25-12-7-8-15-29(25)44-22-23-16-18-27(37)19-17-23/h4-21,33H,3,22H2,1-2H3/b30-21+/t33-/m0/s1. The Hall–Kier alpha value is -4.92. The molecule has 4 aromatic carbocycles. The average molecular weight is 637 g/mol. The highest BCUT2D eigenvalue weighted by atomic mass is 35.5. The van der Waals surface area contributed by atoms with Crippen LogP contribution in [0, 0.1) is 0 Å². The highest BCUT2D eigenvalue weighted by Gasteiger charge is 2.35. The smallest absolute Gasteiger partial charge is 0.338 e. The van der Waals surface area contributed by atoms with Crippen LogP contribution in [0.25, 0.3) is 11.8 Å². The summed E-state index contributed by atoms with van der Waals surface area (Å²) in [7, 11) is 1.58. The molecule has 0 spiro atoms. The van der Waals surface area contributed by atoms with Crippen molar-refractivity contribution < 1.29 is 19.0 Å². The number of ether oxygens (including phenoxy) is 3. The molecule has 1 aromatic heterocycles. The number of aromatic nitrogens is 1. The van der Waals surface area contributed by atoms with E-state index in [9.17, 15) is 9.59 Å². The van der Waals surface area contributed by atoms with Gasteiger partial charge >= 0.3 is 5.97 Å². The normalized spacial score (nSPS) is 14.5. The van der Waals surface area contributed by atoms with Gasteiger partial charge in [0.25, 0.3) is 5.56 Å². The van der Waals surface area contributed by atoms with Crippen molar-refractivity contribution in [2.45, 2.75) is 19.6 Å². The maximum Gasteiger partial charge on any atom is 0.338 e. The zero-order valence-electron chi connectivity index (χ0n) is 24.6. The Balaban J connectivity index is 1.53. The van der Waals surface area contributed by atoms with Crippen molar-refractivity contribution in [1.29, 1.82) is 0 Å². The lowest BCUT2D eigenvalue weighted by atomic mass is 9.93. The molecular weight excluding hydrogens is 608 g/mol. The molecular formula is C36H29ClN2O5S. The molecule has 0 amide bonds. The molecule has 1 aliphatic rings. The minimum atomic E-state index is -0.802. The molecule has 0 radical (unpaired) electrons.